The molecule has 0 fully saturated rings. The molecule has 1 N–H and O–H groups in total. The molecule has 0 rings (SSSR count). The maximum Gasteiger partial charge on any atom is 0.0558 e. The van der Waals surface area contributed by atoms with Gasteiger partial charge in [-0.15, -0.1) is 0 Å². The molecule has 0 saturated carbocycles. The minimum Gasteiger partial charge on any atom is -0.395 e. The average molecular weight is 247 g/mol. The van der Waals surface area contributed by atoms with Crippen molar-refractivity contribution in [1.82, 2.24) is 4.90 Å². The summed E-state index contributed by atoms with van der Waals surface area (Å²) in [5.74, 6) is 0.955. The Balaban J connectivity index is 4.46. The second-order valence-electron chi connectivity index (χ2n) is 4.75. The Morgan fingerprint density at radius 1 is 1.12 bits per heavy atom. The van der Waals surface area contributed by atoms with Crippen LogP contribution in [0.1, 0.15) is 46.5 Å². The summed E-state index contributed by atoms with van der Waals surface area (Å²) in [5, 5.41) is 9.04. The van der Waals surface area contributed by atoms with Crippen LogP contribution in [0.5, 0.6) is 0 Å². The van der Waals surface area contributed by atoms with Gasteiger partial charge < -0.3 is 10.0 Å². The molecule has 0 saturated heterocycles. The summed E-state index contributed by atoms with van der Waals surface area (Å²) in [5.41, 5.74) is 0.345. The molecule has 16 heavy (non-hydrogen) atoms. The van der Waals surface area contributed by atoms with Crippen LogP contribution in [0.4, 0.5) is 0 Å². The number of thiol groups is 1. The van der Waals surface area contributed by atoms with Crippen LogP contribution in [0, 0.1) is 5.41 Å². The van der Waals surface area contributed by atoms with Gasteiger partial charge in [0.25, 0.3) is 0 Å². The highest BCUT2D eigenvalue weighted by atomic mass is 32.1. The summed E-state index contributed by atoms with van der Waals surface area (Å²) in [6.07, 6.45) is 4.92. The molecule has 0 aliphatic carbocycles. The summed E-state index contributed by atoms with van der Waals surface area (Å²) >= 11 is 4.56. The molecule has 3 heteroatoms. The highest BCUT2D eigenvalue weighted by molar-refractivity contribution is 7.80. The van der Waals surface area contributed by atoms with Crippen LogP contribution in [-0.4, -0.2) is 42.0 Å². The van der Waals surface area contributed by atoms with Crippen LogP contribution < -0.4 is 0 Å². The van der Waals surface area contributed by atoms with Crippen molar-refractivity contribution in [1.29, 1.82) is 0 Å². The lowest BCUT2D eigenvalue weighted by Gasteiger charge is -2.37. The van der Waals surface area contributed by atoms with Gasteiger partial charge in [-0.2, -0.15) is 12.6 Å². The fourth-order valence-corrected chi connectivity index (χ4v) is 2.93. The monoisotopic (exact) mass is 247 g/mol. The minimum atomic E-state index is 0.259. The second kappa shape index (κ2) is 9.32. The maximum absolute atomic E-state index is 9.04. The van der Waals surface area contributed by atoms with Crippen molar-refractivity contribution in [3.8, 4) is 0 Å². The molecule has 0 aromatic heterocycles. The molecule has 0 amide bonds. The Hall–Kier alpha value is 0.270. The first-order valence-electron chi connectivity index (χ1n) is 6.62. The molecule has 2 nitrogen and oxygen atoms in total. The highest BCUT2D eigenvalue weighted by Crippen LogP contribution is 2.32. The topological polar surface area (TPSA) is 23.5 Å². The van der Waals surface area contributed by atoms with Crippen molar-refractivity contribution in [2.75, 3.05) is 32.0 Å². The third kappa shape index (κ3) is 5.55. The van der Waals surface area contributed by atoms with Crippen molar-refractivity contribution in [3.05, 3.63) is 0 Å². The zero-order valence-electron chi connectivity index (χ0n) is 11.2. The van der Waals surface area contributed by atoms with Crippen LogP contribution in [0.2, 0.25) is 0 Å². The molecule has 0 atom stereocenters. The third-order valence-electron chi connectivity index (χ3n) is 3.32. The first-order chi connectivity index (χ1) is 7.67. The Bertz CT molecular complexity index is 158. The van der Waals surface area contributed by atoms with Crippen molar-refractivity contribution < 1.29 is 5.11 Å². The Kier molecular flexibility index (Phi) is 9.47. The molecule has 98 valence electrons. The van der Waals surface area contributed by atoms with Crippen molar-refractivity contribution in [2.45, 2.75) is 46.5 Å². The normalized spacial score (nSPS) is 12.4. The fourth-order valence-electron chi connectivity index (χ4n) is 2.52. The number of nitrogens with zero attached hydrogens (tertiary/aromatic N) is 1. The van der Waals surface area contributed by atoms with Crippen molar-refractivity contribution in [2.24, 2.45) is 5.41 Å². The van der Waals surface area contributed by atoms with Gasteiger partial charge in [-0.25, -0.2) is 0 Å². The van der Waals surface area contributed by atoms with Gasteiger partial charge in [-0.1, -0.05) is 33.6 Å². The molecule has 0 bridgehead atoms. The number of aliphatic hydroxyl groups excluding tert-OH is 1. The zero-order valence-corrected chi connectivity index (χ0v) is 12.1. The first-order valence-corrected chi connectivity index (χ1v) is 7.25. The molecule has 0 aromatic rings. The van der Waals surface area contributed by atoms with Gasteiger partial charge in [0.2, 0.25) is 0 Å². The van der Waals surface area contributed by atoms with E-state index in [9.17, 15) is 0 Å². The zero-order chi connectivity index (χ0) is 12.4. The van der Waals surface area contributed by atoms with E-state index in [2.05, 4.69) is 38.3 Å². The van der Waals surface area contributed by atoms with E-state index in [1.165, 1.54) is 25.7 Å². The summed E-state index contributed by atoms with van der Waals surface area (Å²) in [6, 6.07) is 0. The molecule has 0 radical (unpaired) electrons. The van der Waals surface area contributed by atoms with Crippen LogP contribution in [0.15, 0.2) is 0 Å². The molecule has 0 aliphatic heterocycles. The van der Waals surface area contributed by atoms with Gasteiger partial charge in [0.15, 0.2) is 0 Å². The van der Waals surface area contributed by atoms with E-state index in [0.717, 1.165) is 25.4 Å². The van der Waals surface area contributed by atoms with E-state index < -0.39 is 0 Å². The van der Waals surface area contributed by atoms with Crippen LogP contribution in [-0.2, 0) is 0 Å². The largest absolute Gasteiger partial charge is 0.395 e. The molecule has 0 aromatic carbocycles. The lowest BCUT2D eigenvalue weighted by atomic mass is 9.80. The van der Waals surface area contributed by atoms with Gasteiger partial charge in [0.1, 0.15) is 0 Å². The predicted octanol–water partition coefficient (Wildman–Crippen LogP) is 2.82. The minimum absolute atomic E-state index is 0.259. The first kappa shape index (κ1) is 16.3. The van der Waals surface area contributed by atoms with E-state index in [4.69, 9.17) is 5.11 Å². The number of aliphatic hydroxyl groups is 1. The maximum atomic E-state index is 9.04. The van der Waals surface area contributed by atoms with E-state index in [1.54, 1.807) is 0 Å². The number of likely N-dealkylation sites (N-methyl/N-ethyl adjacent to an activating group) is 1. The van der Waals surface area contributed by atoms with Gasteiger partial charge >= 0.3 is 0 Å². The van der Waals surface area contributed by atoms with Gasteiger partial charge in [-0.05, 0) is 30.6 Å². The van der Waals surface area contributed by atoms with Crippen molar-refractivity contribution >= 4 is 12.6 Å². The third-order valence-corrected chi connectivity index (χ3v) is 3.99. The smallest absolute Gasteiger partial charge is 0.0558 e. The predicted molar refractivity (Wildman–Crippen MR) is 75.3 cm³/mol. The van der Waals surface area contributed by atoms with Gasteiger partial charge in [-0.3, -0.25) is 0 Å². The van der Waals surface area contributed by atoms with E-state index in [-0.39, 0.29) is 6.61 Å². The van der Waals surface area contributed by atoms with Crippen LogP contribution >= 0.6 is 12.6 Å². The van der Waals surface area contributed by atoms with E-state index in [1.807, 2.05) is 0 Å². The van der Waals surface area contributed by atoms with Gasteiger partial charge in [0.05, 0.1) is 6.61 Å². The molecule has 0 heterocycles. The molecule has 0 unspecified atom stereocenters. The lowest BCUT2D eigenvalue weighted by molar-refractivity contribution is 0.127. The lowest BCUT2D eigenvalue weighted by Crippen LogP contribution is -2.40. The molecule has 0 aliphatic rings. The SMILES string of the molecule is CCCC(CS)(CCC)CN(CC)CCO. The van der Waals surface area contributed by atoms with Gasteiger partial charge in [0, 0.05) is 13.1 Å². The molecular formula is C13H29NOS. The Morgan fingerprint density at radius 3 is 2.00 bits per heavy atom. The van der Waals surface area contributed by atoms with Crippen LogP contribution in [0.3, 0.4) is 0 Å². The molecule has 0 spiro atoms. The van der Waals surface area contributed by atoms with Crippen LogP contribution in [0.25, 0.3) is 0 Å². The quantitative estimate of drug-likeness (QED) is 0.580. The Morgan fingerprint density at radius 2 is 1.69 bits per heavy atom. The summed E-state index contributed by atoms with van der Waals surface area (Å²) in [6.45, 7) is 9.80. The van der Waals surface area contributed by atoms with E-state index >= 15 is 0 Å². The average Bonchev–Trinajstić information content (AvgIpc) is 2.29. The number of hydrogen-bond acceptors (Lipinski definition) is 3. The fraction of sp³-hybridized carbons (Fsp3) is 1.00. The van der Waals surface area contributed by atoms with Crippen molar-refractivity contribution in [3.63, 3.8) is 0 Å². The summed E-state index contributed by atoms with van der Waals surface area (Å²) in [4.78, 5) is 2.35. The number of hydrogen-bond donors (Lipinski definition) is 2. The Labute approximate surface area is 107 Å². The standard InChI is InChI=1S/C13H29NOS/c1-4-7-13(12-16,8-5-2)11-14(6-3)9-10-15/h15-16H,4-12H2,1-3H3. The summed E-state index contributed by atoms with van der Waals surface area (Å²) < 4.78 is 0. The highest BCUT2D eigenvalue weighted by Gasteiger charge is 2.28. The number of rotatable bonds is 10. The molecular weight excluding hydrogens is 218 g/mol. The second-order valence-corrected chi connectivity index (χ2v) is 5.07. The van der Waals surface area contributed by atoms with E-state index in [0.29, 0.717) is 5.41 Å². The summed E-state index contributed by atoms with van der Waals surface area (Å²) in [7, 11) is 0.